The highest BCUT2D eigenvalue weighted by Gasteiger charge is 2.17. The van der Waals surface area contributed by atoms with E-state index in [0.29, 0.717) is 15.9 Å². The molecular weight excluding hydrogens is 389 g/mol. The van der Waals surface area contributed by atoms with Gasteiger partial charge < -0.3 is 15.0 Å². The summed E-state index contributed by atoms with van der Waals surface area (Å²) < 4.78 is 0. The van der Waals surface area contributed by atoms with Crippen LogP contribution in [0.4, 0.5) is 5.69 Å². The summed E-state index contributed by atoms with van der Waals surface area (Å²) in [4.78, 5) is 19.0. The molecule has 0 saturated carbocycles. The molecule has 1 aliphatic rings. The minimum atomic E-state index is -0.328. The Hall–Kier alpha value is -1.38. The molecule has 1 aromatic heterocycles. The molecule has 0 atom stereocenters. The van der Waals surface area contributed by atoms with Crippen LogP contribution >= 0.6 is 36.4 Å². The fraction of sp³-hybridized carbons (Fsp3) is 0.400. The third-order valence-electron chi connectivity index (χ3n) is 3.93. The van der Waals surface area contributed by atoms with Crippen molar-refractivity contribution in [2.24, 2.45) is 10.2 Å². The Morgan fingerprint density at radius 1 is 1.28 bits per heavy atom. The number of fused-ring (bicyclic) bond motifs is 1. The molecular formula is C15H20Cl3N5O2. The number of carbonyl (C=O) groups is 1. The van der Waals surface area contributed by atoms with Crippen LogP contribution in [0.1, 0.15) is 0 Å². The summed E-state index contributed by atoms with van der Waals surface area (Å²) >= 11 is 5.96. The van der Waals surface area contributed by atoms with Gasteiger partial charge in [0.1, 0.15) is 0 Å². The number of rotatable bonds is 3. The van der Waals surface area contributed by atoms with Crippen LogP contribution in [0.25, 0.3) is 10.9 Å². The van der Waals surface area contributed by atoms with Crippen LogP contribution in [0.3, 0.4) is 0 Å². The number of halogens is 3. The zero-order valence-electron chi connectivity index (χ0n) is 13.6. The van der Waals surface area contributed by atoms with Gasteiger partial charge in [-0.15, -0.1) is 35.0 Å². The summed E-state index contributed by atoms with van der Waals surface area (Å²) in [7, 11) is 2.06. The predicted octanol–water partition coefficient (Wildman–Crippen LogP) is 3.23. The highest BCUT2D eigenvalue weighted by molar-refractivity contribution is 6.31. The zero-order chi connectivity index (χ0) is 16.4. The Balaban J connectivity index is 0.00000156. The van der Waals surface area contributed by atoms with Crippen LogP contribution in [-0.4, -0.2) is 65.6 Å². The molecule has 2 heterocycles. The summed E-state index contributed by atoms with van der Waals surface area (Å²) in [6, 6.07) is 5.12. The molecule has 0 bridgehead atoms. The number of nitrogens with one attached hydrogen (secondary N) is 1. The molecule has 0 spiro atoms. The van der Waals surface area contributed by atoms with Gasteiger partial charge in [-0.1, -0.05) is 11.6 Å². The number of benzene rings is 1. The molecule has 0 radical (unpaired) electrons. The summed E-state index contributed by atoms with van der Waals surface area (Å²) in [6.07, 6.45) is 0. The third kappa shape index (κ3) is 5.29. The number of carbonyl (C=O) groups excluding carboxylic acids is 1. The third-order valence-corrected chi connectivity index (χ3v) is 4.17. The second kappa shape index (κ2) is 9.35. The fourth-order valence-electron chi connectivity index (χ4n) is 2.57. The predicted molar refractivity (Wildman–Crippen MR) is 103 cm³/mol. The lowest BCUT2D eigenvalue weighted by molar-refractivity contribution is -0.119. The summed E-state index contributed by atoms with van der Waals surface area (Å²) in [5, 5.41) is 18.7. The fourth-order valence-corrected chi connectivity index (χ4v) is 2.74. The molecule has 1 saturated heterocycles. The largest absolute Gasteiger partial charge is 0.493 e. The van der Waals surface area contributed by atoms with Gasteiger partial charge in [0.25, 0.3) is 5.91 Å². The van der Waals surface area contributed by atoms with E-state index in [1.54, 1.807) is 18.2 Å². The minimum Gasteiger partial charge on any atom is -0.493 e. The lowest BCUT2D eigenvalue weighted by Gasteiger charge is -2.31. The number of nitrogens with zero attached hydrogens (tertiary/aromatic N) is 4. The molecule has 0 aliphatic carbocycles. The summed E-state index contributed by atoms with van der Waals surface area (Å²) in [5.41, 5.74) is 0.918. The van der Waals surface area contributed by atoms with Crippen molar-refractivity contribution >= 4 is 58.9 Å². The van der Waals surface area contributed by atoms with E-state index in [0.717, 1.165) is 26.2 Å². The molecule has 1 aliphatic heterocycles. The summed E-state index contributed by atoms with van der Waals surface area (Å²) in [5.74, 6) is -0.455. The number of piperazine rings is 1. The average molecular weight is 409 g/mol. The number of aromatic hydroxyl groups is 1. The molecule has 1 fully saturated rings. The van der Waals surface area contributed by atoms with E-state index in [1.165, 1.54) is 0 Å². The Labute approximate surface area is 162 Å². The standard InChI is InChI=1S/C15H18ClN5O2.2ClH/c1-20-4-6-21(7-5-20)9-13(22)18-19-14-11-8-10(16)2-3-12(11)17-15(14)23;;/h2-3,8,17,23H,4-7,9H2,1H3;2*1H. The van der Waals surface area contributed by atoms with E-state index >= 15 is 0 Å². The van der Waals surface area contributed by atoms with Gasteiger partial charge in [0.05, 0.1) is 12.1 Å². The van der Waals surface area contributed by atoms with E-state index in [4.69, 9.17) is 11.6 Å². The Morgan fingerprint density at radius 3 is 2.64 bits per heavy atom. The lowest BCUT2D eigenvalue weighted by atomic mass is 10.2. The van der Waals surface area contributed by atoms with E-state index in [2.05, 4.69) is 27.2 Å². The van der Waals surface area contributed by atoms with Crippen LogP contribution < -0.4 is 0 Å². The van der Waals surface area contributed by atoms with Crippen molar-refractivity contribution < 1.29 is 9.90 Å². The SMILES string of the molecule is CN1CCN(CC(=O)N=Nc2c(O)[nH]c3ccc(Cl)cc23)CC1.Cl.Cl. The molecule has 3 rings (SSSR count). The van der Waals surface area contributed by atoms with E-state index in [-0.39, 0.29) is 48.8 Å². The molecule has 10 heteroatoms. The molecule has 1 aromatic carbocycles. The van der Waals surface area contributed by atoms with Gasteiger partial charge >= 0.3 is 0 Å². The average Bonchev–Trinajstić information content (AvgIpc) is 2.82. The summed E-state index contributed by atoms with van der Waals surface area (Å²) in [6.45, 7) is 3.79. The smallest absolute Gasteiger partial charge is 0.278 e. The highest BCUT2D eigenvalue weighted by atomic mass is 35.5. The van der Waals surface area contributed by atoms with Crippen molar-refractivity contribution in [2.45, 2.75) is 0 Å². The van der Waals surface area contributed by atoms with Crippen molar-refractivity contribution in [1.82, 2.24) is 14.8 Å². The monoisotopic (exact) mass is 407 g/mol. The van der Waals surface area contributed by atoms with Gasteiger partial charge in [-0.3, -0.25) is 9.69 Å². The quantitative estimate of drug-likeness (QED) is 0.764. The van der Waals surface area contributed by atoms with Crippen molar-refractivity contribution in [2.75, 3.05) is 39.8 Å². The number of amides is 1. The molecule has 25 heavy (non-hydrogen) atoms. The maximum Gasteiger partial charge on any atom is 0.278 e. The van der Waals surface area contributed by atoms with E-state index in [9.17, 15) is 9.90 Å². The van der Waals surface area contributed by atoms with Crippen LogP contribution in [0.2, 0.25) is 5.02 Å². The van der Waals surface area contributed by atoms with Gasteiger partial charge in [0, 0.05) is 36.6 Å². The normalized spacial score (nSPS) is 15.9. The van der Waals surface area contributed by atoms with Crippen LogP contribution in [0.5, 0.6) is 5.88 Å². The second-order valence-corrected chi connectivity index (χ2v) is 6.12. The number of H-pyrrole nitrogens is 1. The van der Waals surface area contributed by atoms with Gasteiger partial charge in [-0.05, 0) is 25.2 Å². The molecule has 138 valence electrons. The minimum absolute atomic E-state index is 0. The van der Waals surface area contributed by atoms with Gasteiger partial charge in [0.15, 0.2) is 5.69 Å². The first-order chi connectivity index (χ1) is 11.0. The van der Waals surface area contributed by atoms with Crippen molar-refractivity contribution in [3.05, 3.63) is 23.2 Å². The molecule has 0 unspecified atom stereocenters. The van der Waals surface area contributed by atoms with E-state index in [1.807, 2.05) is 4.90 Å². The van der Waals surface area contributed by atoms with Crippen LogP contribution in [-0.2, 0) is 4.79 Å². The topological polar surface area (TPSA) is 84.3 Å². The van der Waals surface area contributed by atoms with Gasteiger partial charge in [-0.25, -0.2) is 0 Å². The van der Waals surface area contributed by atoms with E-state index < -0.39 is 0 Å². The lowest BCUT2D eigenvalue weighted by Crippen LogP contribution is -2.46. The molecule has 1 amide bonds. The molecule has 2 N–H and O–H groups in total. The maximum atomic E-state index is 12.0. The first-order valence-corrected chi connectivity index (χ1v) is 7.76. The van der Waals surface area contributed by atoms with Crippen molar-refractivity contribution in [1.29, 1.82) is 0 Å². The van der Waals surface area contributed by atoms with Crippen LogP contribution in [0.15, 0.2) is 28.4 Å². The number of azo groups is 1. The molecule has 7 nitrogen and oxygen atoms in total. The first kappa shape index (κ1) is 21.7. The maximum absolute atomic E-state index is 12.0. The number of aromatic amines is 1. The first-order valence-electron chi connectivity index (χ1n) is 7.38. The number of aromatic nitrogens is 1. The highest BCUT2D eigenvalue weighted by Crippen LogP contribution is 2.36. The Kier molecular flexibility index (Phi) is 8.11. The van der Waals surface area contributed by atoms with Gasteiger partial charge in [-0.2, -0.15) is 0 Å². The number of likely N-dealkylation sites (N-methyl/N-ethyl adjacent to an activating group) is 1. The van der Waals surface area contributed by atoms with Crippen molar-refractivity contribution in [3.8, 4) is 5.88 Å². The van der Waals surface area contributed by atoms with Gasteiger partial charge in [0.2, 0.25) is 5.88 Å². The number of hydrogen-bond acceptors (Lipinski definition) is 5. The second-order valence-electron chi connectivity index (χ2n) is 5.69. The van der Waals surface area contributed by atoms with Crippen LogP contribution in [0, 0.1) is 0 Å². The Bertz CT molecular complexity index is 757. The zero-order valence-corrected chi connectivity index (χ0v) is 16.0. The Morgan fingerprint density at radius 2 is 1.96 bits per heavy atom. The van der Waals surface area contributed by atoms with Crippen molar-refractivity contribution in [3.63, 3.8) is 0 Å². The molecule has 2 aromatic rings. The number of hydrogen-bond donors (Lipinski definition) is 2.